The van der Waals surface area contributed by atoms with Gasteiger partial charge in [-0.1, -0.05) is 0 Å². The van der Waals surface area contributed by atoms with Gasteiger partial charge in [0.15, 0.2) is 6.19 Å². The molecule has 0 N–H and O–H groups in total. The Hall–Kier alpha value is -1.51. The van der Waals surface area contributed by atoms with Crippen molar-refractivity contribution < 1.29 is 13.9 Å². The van der Waals surface area contributed by atoms with Gasteiger partial charge in [-0.15, -0.1) is 0 Å². The SMILES string of the molecule is CN(C(=O)OC(C)(C)C)C1CCN(C#N)CC1F. The fraction of sp³-hybridized carbons (Fsp3) is 0.833. The topological polar surface area (TPSA) is 56.6 Å². The van der Waals surface area contributed by atoms with Crippen molar-refractivity contribution in [3.05, 3.63) is 0 Å². The van der Waals surface area contributed by atoms with Crippen LogP contribution in [0.5, 0.6) is 0 Å². The minimum atomic E-state index is -1.23. The maximum atomic E-state index is 13.9. The van der Waals surface area contributed by atoms with Crippen molar-refractivity contribution in [1.29, 1.82) is 5.26 Å². The summed E-state index contributed by atoms with van der Waals surface area (Å²) >= 11 is 0. The molecule has 1 amide bonds. The van der Waals surface area contributed by atoms with E-state index in [1.807, 2.05) is 6.19 Å². The molecule has 18 heavy (non-hydrogen) atoms. The lowest BCUT2D eigenvalue weighted by Gasteiger charge is -2.37. The zero-order valence-corrected chi connectivity index (χ0v) is 11.3. The first-order valence-electron chi connectivity index (χ1n) is 5.99. The first kappa shape index (κ1) is 14.6. The Labute approximate surface area is 107 Å². The predicted molar refractivity (Wildman–Crippen MR) is 64.5 cm³/mol. The molecule has 1 saturated heterocycles. The Bertz CT molecular complexity index is 348. The van der Waals surface area contributed by atoms with Crippen molar-refractivity contribution in [2.75, 3.05) is 20.1 Å². The van der Waals surface area contributed by atoms with E-state index in [1.165, 1.54) is 16.8 Å². The van der Waals surface area contributed by atoms with Crippen LogP contribution in [0.1, 0.15) is 27.2 Å². The standard InChI is InChI=1S/C12H20FN3O2/c1-12(2,3)18-11(17)15(4)10-5-6-16(8-14)7-9(10)13/h9-10H,5-7H2,1-4H3. The van der Waals surface area contributed by atoms with Crippen LogP contribution in [0.15, 0.2) is 0 Å². The highest BCUT2D eigenvalue weighted by Crippen LogP contribution is 2.20. The number of rotatable bonds is 1. The van der Waals surface area contributed by atoms with Gasteiger partial charge in [-0.2, -0.15) is 5.26 Å². The lowest BCUT2D eigenvalue weighted by Crippen LogP contribution is -2.52. The number of likely N-dealkylation sites (tertiary alicyclic amines) is 1. The van der Waals surface area contributed by atoms with Crippen LogP contribution >= 0.6 is 0 Å². The van der Waals surface area contributed by atoms with Crippen LogP contribution < -0.4 is 0 Å². The molecule has 0 saturated carbocycles. The van der Waals surface area contributed by atoms with E-state index in [2.05, 4.69) is 0 Å². The molecule has 0 aromatic rings. The molecular formula is C12H20FN3O2. The second-order valence-electron chi connectivity index (χ2n) is 5.51. The minimum Gasteiger partial charge on any atom is -0.444 e. The van der Waals surface area contributed by atoms with Crippen LogP contribution in [-0.4, -0.2) is 53.8 Å². The highest BCUT2D eigenvalue weighted by atomic mass is 19.1. The molecule has 2 atom stereocenters. The zero-order chi connectivity index (χ0) is 13.9. The highest BCUT2D eigenvalue weighted by molar-refractivity contribution is 5.68. The van der Waals surface area contributed by atoms with E-state index in [1.54, 1.807) is 20.8 Å². The van der Waals surface area contributed by atoms with Crippen molar-refractivity contribution in [2.24, 2.45) is 0 Å². The third kappa shape index (κ3) is 3.76. The fourth-order valence-electron chi connectivity index (χ4n) is 1.89. The van der Waals surface area contributed by atoms with Gasteiger partial charge in [0.1, 0.15) is 11.8 Å². The molecule has 6 heteroatoms. The van der Waals surface area contributed by atoms with E-state index < -0.39 is 23.9 Å². The molecule has 0 aromatic carbocycles. The third-order valence-electron chi connectivity index (χ3n) is 2.83. The second-order valence-corrected chi connectivity index (χ2v) is 5.51. The first-order valence-corrected chi connectivity index (χ1v) is 5.99. The number of ether oxygens (including phenoxy) is 1. The van der Waals surface area contributed by atoms with Crippen molar-refractivity contribution in [1.82, 2.24) is 9.80 Å². The smallest absolute Gasteiger partial charge is 0.410 e. The molecule has 1 fully saturated rings. The zero-order valence-electron chi connectivity index (χ0n) is 11.3. The van der Waals surface area contributed by atoms with Crippen LogP contribution in [0.2, 0.25) is 0 Å². The summed E-state index contributed by atoms with van der Waals surface area (Å²) in [5.74, 6) is 0. The fourth-order valence-corrected chi connectivity index (χ4v) is 1.89. The van der Waals surface area contributed by atoms with Crippen LogP contribution in [0.4, 0.5) is 9.18 Å². The molecule has 0 spiro atoms. The minimum absolute atomic E-state index is 0.0360. The van der Waals surface area contributed by atoms with E-state index in [9.17, 15) is 9.18 Å². The molecule has 1 rings (SSSR count). The molecular weight excluding hydrogens is 237 g/mol. The Kier molecular flexibility index (Phi) is 4.38. The van der Waals surface area contributed by atoms with Crippen LogP contribution in [0.25, 0.3) is 0 Å². The normalized spacial score (nSPS) is 24.3. The predicted octanol–water partition coefficient (Wildman–Crippen LogP) is 1.75. The van der Waals surface area contributed by atoms with Gasteiger partial charge in [0.2, 0.25) is 0 Å². The number of carbonyl (C=O) groups excluding carboxylic acids is 1. The molecule has 0 aliphatic carbocycles. The van der Waals surface area contributed by atoms with Gasteiger partial charge in [0, 0.05) is 13.6 Å². The number of hydrogen-bond donors (Lipinski definition) is 0. The number of hydrogen-bond acceptors (Lipinski definition) is 4. The van der Waals surface area contributed by atoms with Crippen LogP contribution in [0.3, 0.4) is 0 Å². The molecule has 0 aromatic heterocycles. The summed E-state index contributed by atoms with van der Waals surface area (Å²) in [7, 11) is 1.54. The number of nitriles is 1. The van der Waals surface area contributed by atoms with Crippen molar-refractivity contribution in [3.63, 3.8) is 0 Å². The van der Waals surface area contributed by atoms with E-state index in [-0.39, 0.29) is 6.54 Å². The number of nitrogens with zero attached hydrogens (tertiary/aromatic N) is 3. The molecule has 5 nitrogen and oxygen atoms in total. The lowest BCUT2D eigenvalue weighted by molar-refractivity contribution is 0.00286. The highest BCUT2D eigenvalue weighted by Gasteiger charge is 2.35. The first-order chi connectivity index (χ1) is 8.24. The Balaban J connectivity index is 2.60. The molecule has 0 bridgehead atoms. The Morgan fingerprint density at radius 3 is 2.61 bits per heavy atom. The maximum Gasteiger partial charge on any atom is 0.410 e. The number of halogens is 1. The van der Waals surface area contributed by atoms with Gasteiger partial charge in [-0.25, -0.2) is 9.18 Å². The average molecular weight is 257 g/mol. The van der Waals surface area contributed by atoms with Crippen LogP contribution in [0, 0.1) is 11.5 Å². The maximum absolute atomic E-state index is 13.9. The summed E-state index contributed by atoms with van der Waals surface area (Å²) in [6.07, 6.45) is 0.602. The quantitative estimate of drug-likeness (QED) is 0.671. The number of carbonyl (C=O) groups is 1. The summed E-state index contributed by atoms with van der Waals surface area (Å²) in [6, 6.07) is -0.524. The number of amides is 1. The van der Waals surface area contributed by atoms with Gasteiger partial charge in [-0.3, -0.25) is 0 Å². The van der Waals surface area contributed by atoms with Crippen molar-refractivity contribution >= 4 is 6.09 Å². The summed E-state index contributed by atoms with van der Waals surface area (Å²) in [5, 5.41) is 8.70. The van der Waals surface area contributed by atoms with Gasteiger partial charge >= 0.3 is 6.09 Å². The molecule has 1 aliphatic rings. The molecule has 2 unspecified atom stereocenters. The van der Waals surface area contributed by atoms with Gasteiger partial charge in [0.05, 0.1) is 12.6 Å². The van der Waals surface area contributed by atoms with E-state index in [0.29, 0.717) is 13.0 Å². The van der Waals surface area contributed by atoms with E-state index in [0.717, 1.165) is 0 Å². The summed E-state index contributed by atoms with van der Waals surface area (Å²) in [4.78, 5) is 14.5. The lowest BCUT2D eigenvalue weighted by atomic mass is 10.0. The van der Waals surface area contributed by atoms with Gasteiger partial charge < -0.3 is 14.5 Å². The summed E-state index contributed by atoms with van der Waals surface area (Å²) in [5.41, 5.74) is -0.593. The average Bonchev–Trinajstić information content (AvgIpc) is 2.25. The number of alkyl halides is 1. The largest absolute Gasteiger partial charge is 0.444 e. The second kappa shape index (κ2) is 5.42. The molecule has 1 heterocycles. The third-order valence-corrected chi connectivity index (χ3v) is 2.83. The summed E-state index contributed by atoms with van der Waals surface area (Å²) < 4.78 is 19.1. The number of piperidine rings is 1. The summed E-state index contributed by atoms with van der Waals surface area (Å²) in [6.45, 7) is 5.81. The Morgan fingerprint density at radius 2 is 2.17 bits per heavy atom. The van der Waals surface area contributed by atoms with Crippen molar-refractivity contribution in [3.8, 4) is 6.19 Å². The molecule has 0 radical (unpaired) electrons. The van der Waals surface area contributed by atoms with E-state index in [4.69, 9.17) is 10.00 Å². The van der Waals surface area contributed by atoms with Gasteiger partial charge in [-0.05, 0) is 27.2 Å². The van der Waals surface area contributed by atoms with Gasteiger partial charge in [0.25, 0.3) is 0 Å². The molecule has 102 valence electrons. The monoisotopic (exact) mass is 257 g/mol. The van der Waals surface area contributed by atoms with E-state index >= 15 is 0 Å². The van der Waals surface area contributed by atoms with Crippen LogP contribution in [-0.2, 0) is 4.74 Å². The Morgan fingerprint density at radius 1 is 1.56 bits per heavy atom. The molecule has 1 aliphatic heterocycles. The van der Waals surface area contributed by atoms with Crippen molar-refractivity contribution in [2.45, 2.75) is 45.0 Å².